The molecular weight excluding hydrogens is 300 g/mol. The lowest BCUT2D eigenvalue weighted by Crippen LogP contribution is -2.40. The Morgan fingerprint density at radius 3 is 2.71 bits per heavy atom. The molecule has 2 N–H and O–H groups in total. The maximum Gasteiger partial charge on any atom is 0.254 e. The normalized spacial score (nSPS) is 16.3. The lowest BCUT2D eigenvalue weighted by molar-refractivity contribution is 0.0766. The molecule has 1 atom stereocenters. The largest absolute Gasteiger partial charge is 0.469 e. The highest BCUT2D eigenvalue weighted by molar-refractivity contribution is 5.98. The Kier molecular flexibility index (Phi) is 4.50. The molecule has 2 aromatic rings. The van der Waals surface area contributed by atoms with Crippen molar-refractivity contribution in [2.24, 2.45) is 5.73 Å². The van der Waals surface area contributed by atoms with Crippen LogP contribution in [0.2, 0.25) is 0 Å². The van der Waals surface area contributed by atoms with Crippen molar-refractivity contribution < 1.29 is 9.21 Å². The number of benzene rings is 1. The van der Waals surface area contributed by atoms with Crippen LogP contribution in [-0.2, 0) is 13.0 Å². The first-order valence-electron chi connectivity index (χ1n) is 8.56. The maximum absolute atomic E-state index is 12.6. The molecule has 4 nitrogen and oxygen atoms in total. The SMILES string of the molecule is Cc1cc2c(cc1C)C(=O)N(CCC(C)(N)CCc1ccco1)C2. The van der Waals surface area contributed by atoms with E-state index in [1.807, 2.05) is 23.1 Å². The number of rotatable bonds is 6. The van der Waals surface area contributed by atoms with Gasteiger partial charge in [0.15, 0.2) is 0 Å². The number of furan rings is 1. The van der Waals surface area contributed by atoms with Gasteiger partial charge in [-0.2, -0.15) is 0 Å². The Morgan fingerprint density at radius 1 is 1.25 bits per heavy atom. The molecule has 4 heteroatoms. The number of carbonyl (C=O) groups is 1. The van der Waals surface area contributed by atoms with Gasteiger partial charge >= 0.3 is 0 Å². The van der Waals surface area contributed by atoms with Gasteiger partial charge in [-0.3, -0.25) is 4.79 Å². The van der Waals surface area contributed by atoms with E-state index in [-0.39, 0.29) is 11.4 Å². The third-order valence-electron chi connectivity index (χ3n) is 5.07. The van der Waals surface area contributed by atoms with Crippen molar-refractivity contribution in [2.45, 2.75) is 52.1 Å². The number of fused-ring (bicyclic) bond motifs is 1. The van der Waals surface area contributed by atoms with Crippen molar-refractivity contribution in [1.29, 1.82) is 0 Å². The summed E-state index contributed by atoms with van der Waals surface area (Å²) in [5.74, 6) is 1.09. The van der Waals surface area contributed by atoms with Crippen LogP contribution in [0.4, 0.5) is 0 Å². The highest BCUT2D eigenvalue weighted by Crippen LogP contribution is 2.27. The number of hydrogen-bond donors (Lipinski definition) is 1. The fourth-order valence-corrected chi connectivity index (χ4v) is 3.21. The van der Waals surface area contributed by atoms with Crippen LogP contribution in [0.5, 0.6) is 0 Å². The van der Waals surface area contributed by atoms with E-state index in [1.54, 1.807) is 6.26 Å². The second kappa shape index (κ2) is 6.44. The van der Waals surface area contributed by atoms with Gasteiger partial charge in [-0.05, 0) is 68.5 Å². The molecule has 0 saturated heterocycles. The summed E-state index contributed by atoms with van der Waals surface area (Å²) in [5.41, 5.74) is 10.5. The quantitative estimate of drug-likeness (QED) is 0.882. The topological polar surface area (TPSA) is 59.5 Å². The Bertz CT molecular complexity index is 732. The first-order chi connectivity index (χ1) is 11.4. The molecule has 128 valence electrons. The third kappa shape index (κ3) is 3.54. The van der Waals surface area contributed by atoms with Crippen molar-refractivity contribution >= 4 is 5.91 Å². The number of hydrogen-bond acceptors (Lipinski definition) is 3. The van der Waals surface area contributed by atoms with Crippen LogP contribution in [0.15, 0.2) is 34.9 Å². The molecule has 0 bridgehead atoms. The second-order valence-electron chi connectivity index (χ2n) is 7.30. The standard InChI is InChI=1S/C20H26N2O2/c1-14-11-16-13-22(19(23)18(16)12-15(14)2)9-8-20(3,21)7-6-17-5-4-10-24-17/h4-5,10-12H,6-9,13,21H2,1-3H3. The molecule has 1 unspecified atom stereocenters. The van der Waals surface area contributed by atoms with E-state index in [1.165, 1.54) is 11.1 Å². The highest BCUT2D eigenvalue weighted by atomic mass is 16.3. The first kappa shape index (κ1) is 16.8. The van der Waals surface area contributed by atoms with Gasteiger partial charge in [0.25, 0.3) is 5.91 Å². The van der Waals surface area contributed by atoms with Crippen LogP contribution in [0.3, 0.4) is 0 Å². The van der Waals surface area contributed by atoms with Crippen molar-refractivity contribution in [1.82, 2.24) is 4.90 Å². The molecule has 1 aliphatic rings. The lowest BCUT2D eigenvalue weighted by atomic mass is 9.92. The summed E-state index contributed by atoms with van der Waals surface area (Å²) < 4.78 is 5.37. The monoisotopic (exact) mass is 326 g/mol. The third-order valence-corrected chi connectivity index (χ3v) is 5.07. The number of nitrogens with two attached hydrogens (primary N) is 1. The minimum atomic E-state index is -0.312. The molecule has 1 amide bonds. The van der Waals surface area contributed by atoms with Gasteiger partial charge in [-0.1, -0.05) is 6.07 Å². The summed E-state index contributed by atoms with van der Waals surface area (Å²) in [4.78, 5) is 14.5. The minimum absolute atomic E-state index is 0.134. The Balaban J connectivity index is 1.58. The summed E-state index contributed by atoms with van der Waals surface area (Å²) in [6.07, 6.45) is 4.14. The van der Waals surface area contributed by atoms with E-state index in [0.717, 1.165) is 36.1 Å². The van der Waals surface area contributed by atoms with Gasteiger partial charge < -0.3 is 15.1 Å². The van der Waals surface area contributed by atoms with E-state index in [0.29, 0.717) is 13.1 Å². The van der Waals surface area contributed by atoms with Gasteiger partial charge in [0.05, 0.1) is 6.26 Å². The van der Waals surface area contributed by atoms with E-state index in [2.05, 4.69) is 26.8 Å². The molecule has 1 aromatic heterocycles. The molecule has 3 rings (SSSR count). The fourth-order valence-electron chi connectivity index (χ4n) is 3.21. The van der Waals surface area contributed by atoms with E-state index >= 15 is 0 Å². The van der Waals surface area contributed by atoms with Gasteiger partial charge in [0, 0.05) is 30.6 Å². The molecule has 0 aliphatic carbocycles. The van der Waals surface area contributed by atoms with Crippen LogP contribution >= 0.6 is 0 Å². The van der Waals surface area contributed by atoms with Crippen molar-refractivity contribution in [2.75, 3.05) is 6.54 Å². The van der Waals surface area contributed by atoms with Crippen LogP contribution in [0.1, 0.15) is 52.6 Å². The maximum atomic E-state index is 12.6. The van der Waals surface area contributed by atoms with Crippen molar-refractivity contribution in [3.8, 4) is 0 Å². The van der Waals surface area contributed by atoms with Gasteiger partial charge in [-0.15, -0.1) is 0 Å². The number of aryl methyl sites for hydroxylation is 3. The predicted molar refractivity (Wildman–Crippen MR) is 94.9 cm³/mol. The molecule has 1 aliphatic heterocycles. The molecule has 1 aromatic carbocycles. The van der Waals surface area contributed by atoms with Gasteiger partial charge in [-0.25, -0.2) is 0 Å². The van der Waals surface area contributed by atoms with Crippen molar-refractivity contribution in [3.05, 3.63) is 58.5 Å². The summed E-state index contributed by atoms with van der Waals surface area (Å²) in [7, 11) is 0. The van der Waals surface area contributed by atoms with E-state index in [9.17, 15) is 4.79 Å². The molecular formula is C20H26N2O2. The zero-order chi connectivity index (χ0) is 17.3. The average Bonchev–Trinajstić information content (AvgIpc) is 3.14. The molecule has 24 heavy (non-hydrogen) atoms. The smallest absolute Gasteiger partial charge is 0.254 e. The highest BCUT2D eigenvalue weighted by Gasteiger charge is 2.29. The summed E-state index contributed by atoms with van der Waals surface area (Å²) in [6.45, 7) is 7.59. The fraction of sp³-hybridized carbons (Fsp3) is 0.450. The summed E-state index contributed by atoms with van der Waals surface area (Å²) in [6, 6.07) is 8.03. The van der Waals surface area contributed by atoms with Gasteiger partial charge in [0.2, 0.25) is 0 Å². The van der Waals surface area contributed by atoms with E-state index < -0.39 is 0 Å². The minimum Gasteiger partial charge on any atom is -0.469 e. The van der Waals surface area contributed by atoms with E-state index in [4.69, 9.17) is 10.2 Å². The van der Waals surface area contributed by atoms with Crippen LogP contribution < -0.4 is 5.73 Å². The molecule has 0 radical (unpaired) electrons. The molecule has 0 saturated carbocycles. The zero-order valence-electron chi connectivity index (χ0n) is 14.8. The molecule has 2 heterocycles. The second-order valence-corrected chi connectivity index (χ2v) is 7.30. The Morgan fingerprint density at radius 2 is 2.00 bits per heavy atom. The molecule has 0 spiro atoms. The Hall–Kier alpha value is -2.07. The van der Waals surface area contributed by atoms with Gasteiger partial charge in [0.1, 0.15) is 5.76 Å². The van der Waals surface area contributed by atoms with Crippen molar-refractivity contribution in [3.63, 3.8) is 0 Å². The summed E-state index contributed by atoms with van der Waals surface area (Å²) in [5, 5.41) is 0. The lowest BCUT2D eigenvalue weighted by Gasteiger charge is -2.27. The number of amides is 1. The Labute approximate surface area is 143 Å². The molecule has 0 fully saturated rings. The zero-order valence-corrected chi connectivity index (χ0v) is 14.8. The number of carbonyl (C=O) groups excluding carboxylic acids is 1. The van der Waals surface area contributed by atoms with Crippen LogP contribution in [0, 0.1) is 13.8 Å². The van der Waals surface area contributed by atoms with Crippen LogP contribution in [0.25, 0.3) is 0 Å². The first-order valence-corrected chi connectivity index (χ1v) is 8.56. The predicted octanol–water partition coefficient (Wildman–Crippen LogP) is 3.59. The van der Waals surface area contributed by atoms with Crippen LogP contribution in [-0.4, -0.2) is 22.9 Å². The number of nitrogens with zero attached hydrogens (tertiary/aromatic N) is 1. The average molecular weight is 326 g/mol. The summed E-state index contributed by atoms with van der Waals surface area (Å²) >= 11 is 0.